The molecule has 1 fully saturated rings. The number of hydrogen-bond acceptors (Lipinski definition) is 4. The molecule has 1 N–H and O–H groups in total. The maximum absolute atomic E-state index is 13.5. The normalized spacial score (nSPS) is 14.6. The van der Waals surface area contributed by atoms with E-state index in [-0.39, 0.29) is 5.82 Å². The highest BCUT2D eigenvalue weighted by Crippen LogP contribution is 2.32. The molecule has 4 heterocycles. The first-order chi connectivity index (χ1) is 17.1. The van der Waals surface area contributed by atoms with Gasteiger partial charge < -0.3 is 9.88 Å². The molecule has 1 aliphatic heterocycles. The van der Waals surface area contributed by atoms with E-state index >= 15 is 0 Å². The predicted molar refractivity (Wildman–Crippen MR) is 138 cm³/mol. The zero-order valence-corrected chi connectivity index (χ0v) is 19.8. The van der Waals surface area contributed by atoms with Crippen molar-refractivity contribution in [2.45, 2.75) is 6.54 Å². The molecule has 0 spiro atoms. The number of hydrogen-bond donors (Lipinski definition) is 1. The molecular formula is C27H24ClFN6. The van der Waals surface area contributed by atoms with Gasteiger partial charge in [-0.3, -0.25) is 4.68 Å². The van der Waals surface area contributed by atoms with Crippen LogP contribution in [0.5, 0.6) is 0 Å². The highest BCUT2D eigenvalue weighted by atomic mass is 35.5. The van der Waals surface area contributed by atoms with Gasteiger partial charge in [0, 0.05) is 72.5 Å². The zero-order chi connectivity index (χ0) is 23.8. The molecule has 5 aromatic rings. The maximum atomic E-state index is 13.5. The van der Waals surface area contributed by atoms with E-state index in [9.17, 15) is 4.39 Å². The van der Waals surface area contributed by atoms with Crippen molar-refractivity contribution in [1.29, 1.82) is 0 Å². The fraction of sp³-hybridized carbons (Fsp3) is 0.185. The van der Waals surface area contributed by atoms with Gasteiger partial charge in [-0.1, -0.05) is 24.3 Å². The molecule has 6 rings (SSSR count). The van der Waals surface area contributed by atoms with Gasteiger partial charge >= 0.3 is 0 Å². The number of fused-ring (bicyclic) bond motifs is 1. The van der Waals surface area contributed by atoms with Crippen molar-refractivity contribution in [3.8, 4) is 22.3 Å². The fourth-order valence-corrected chi connectivity index (χ4v) is 4.79. The zero-order valence-electron chi connectivity index (χ0n) is 19.0. The molecule has 6 nitrogen and oxygen atoms in total. The smallest absolute Gasteiger partial charge is 0.137 e. The Morgan fingerprint density at radius 2 is 1.77 bits per heavy atom. The van der Waals surface area contributed by atoms with Crippen molar-refractivity contribution in [3.63, 3.8) is 0 Å². The van der Waals surface area contributed by atoms with E-state index in [1.54, 1.807) is 6.07 Å². The Labute approximate surface area is 207 Å². The SMILES string of the molecule is Fc1cccc(Cn2cc(-c3c[nH]c4ncc(-c5cccc(N6CCN(Cl)CC6)c5)cc34)cn2)c1. The van der Waals surface area contributed by atoms with Crippen LogP contribution in [0.15, 0.2) is 79.4 Å². The predicted octanol–water partition coefficient (Wildman–Crippen LogP) is 5.56. The van der Waals surface area contributed by atoms with Crippen LogP contribution in [0, 0.1) is 5.82 Å². The van der Waals surface area contributed by atoms with Crippen molar-refractivity contribution in [3.05, 3.63) is 90.8 Å². The summed E-state index contributed by atoms with van der Waals surface area (Å²) in [6.07, 6.45) is 7.70. The van der Waals surface area contributed by atoms with Gasteiger partial charge in [0.1, 0.15) is 11.5 Å². The van der Waals surface area contributed by atoms with Crippen molar-refractivity contribution < 1.29 is 4.39 Å². The lowest BCUT2D eigenvalue weighted by Gasteiger charge is -2.32. The summed E-state index contributed by atoms with van der Waals surface area (Å²) >= 11 is 6.13. The average Bonchev–Trinajstić information content (AvgIpc) is 3.51. The Bertz CT molecular complexity index is 1480. The maximum Gasteiger partial charge on any atom is 0.137 e. The summed E-state index contributed by atoms with van der Waals surface area (Å²) in [6.45, 7) is 4.02. The van der Waals surface area contributed by atoms with E-state index in [1.165, 1.54) is 17.8 Å². The third kappa shape index (κ3) is 4.52. The van der Waals surface area contributed by atoms with Crippen molar-refractivity contribution in [2.75, 3.05) is 31.1 Å². The highest BCUT2D eigenvalue weighted by molar-refractivity contribution is 6.13. The van der Waals surface area contributed by atoms with E-state index in [0.29, 0.717) is 6.54 Å². The molecule has 0 bridgehead atoms. The first-order valence-corrected chi connectivity index (χ1v) is 12.0. The lowest BCUT2D eigenvalue weighted by Crippen LogP contribution is -2.42. The van der Waals surface area contributed by atoms with Gasteiger partial charge in [0.25, 0.3) is 0 Å². The van der Waals surface area contributed by atoms with Crippen molar-refractivity contribution in [2.24, 2.45) is 0 Å². The van der Waals surface area contributed by atoms with E-state index in [1.807, 2.05) is 40.0 Å². The molecule has 0 unspecified atom stereocenters. The molecule has 35 heavy (non-hydrogen) atoms. The number of pyridine rings is 1. The largest absolute Gasteiger partial charge is 0.369 e. The Hall–Kier alpha value is -3.68. The summed E-state index contributed by atoms with van der Waals surface area (Å²) in [5, 5.41) is 5.53. The van der Waals surface area contributed by atoms with Crippen LogP contribution in [0.4, 0.5) is 10.1 Å². The summed E-state index contributed by atoms with van der Waals surface area (Å²) in [5.74, 6) is -0.240. The number of aromatic nitrogens is 4. The lowest BCUT2D eigenvalue weighted by atomic mass is 10.0. The van der Waals surface area contributed by atoms with Gasteiger partial charge in [-0.15, -0.1) is 0 Å². The molecule has 1 saturated heterocycles. The molecule has 3 aromatic heterocycles. The summed E-state index contributed by atoms with van der Waals surface area (Å²) < 4.78 is 17.2. The van der Waals surface area contributed by atoms with Gasteiger partial charge in [-0.05, 0) is 53.2 Å². The molecular weight excluding hydrogens is 463 g/mol. The third-order valence-electron chi connectivity index (χ3n) is 6.48. The Balaban J connectivity index is 1.29. The van der Waals surface area contributed by atoms with Crippen molar-refractivity contribution >= 4 is 28.5 Å². The van der Waals surface area contributed by atoms with E-state index in [2.05, 4.69) is 50.3 Å². The first kappa shape index (κ1) is 21.8. The van der Waals surface area contributed by atoms with Gasteiger partial charge in [-0.2, -0.15) is 5.10 Å². The molecule has 0 atom stereocenters. The second kappa shape index (κ2) is 9.17. The molecule has 176 valence electrons. The number of rotatable bonds is 5. The molecule has 8 heteroatoms. The van der Waals surface area contributed by atoms with Crippen LogP contribution < -0.4 is 4.90 Å². The highest BCUT2D eigenvalue weighted by Gasteiger charge is 2.16. The molecule has 0 amide bonds. The number of piperazine rings is 1. The molecule has 2 aromatic carbocycles. The van der Waals surface area contributed by atoms with Crippen LogP contribution in [-0.4, -0.2) is 50.3 Å². The van der Waals surface area contributed by atoms with Crippen LogP contribution in [0.2, 0.25) is 0 Å². The van der Waals surface area contributed by atoms with Crippen molar-refractivity contribution in [1.82, 2.24) is 24.2 Å². The minimum absolute atomic E-state index is 0.240. The Kier molecular flexibility index (Phi) is 5.72. The summed E-state index contributed by atoms with van der Waals surface area (Å²) in [6, 6.07) is 17.4. The molecule has 0 aliphatic carbocycles. The molecule has 1 aliphatic rings. The minimum atomic E-state index is -0.240. The summed E-state index contributed by atoms with van der Waals surface area (Å²) in [5.41, 5.74) is 7.10. The minimum Gasteiger partial charge on any atom is -0.369 e. The average molecular weight is 487 g/mol. The second-order valence-electron chi connectivity index (χ2n) is 8.83. The number of aromatic amines is 1. The fourth-order valence-electron chi connectivity index (χ4n) is 4.63. The quantitative estimate of drug-likeness (QED) is 0.331. The van der Waals surface area contributed by atoms with Crippen LogP contribution in [-0.2, 0) is 6.54 Å². The Morgan fingerprint density at radius 1 is 0.914 bits per heavy atom. The van der Waals surface area contributed by atoms with Crippen LogP contribution in [0.3, 0.4) is 0 Å². The lowest BCUT2D eigenvalue weighted by molar-refractivity contribution is 0.416. The molecule has 0 radical (unpaired) electrons. The third-order valence-corrected chi connectivity index (χ3v) is 6.82. The summed E-state index contributed by atoms with van der Waals surface area (Å²) in [4.78, 5) is 10.3. The number of nitrogens with zero attached hydrogens (tertiary/aromatic N) is 5. The number of anilines is 1. The second-order valence-corrected chi connectivity index (χ2v) is 9.30. The van der Waals surface area contributed by atoms with Crippen LogP contribution in [0.1, 0.15) is 5.56 Å². The monoisotopic (exact) mass is 486 g/mol. The number of benzene rings is 2. The van der Waals surface area contributed by atoms with Gasteiger partial charge in [-0.25, -0.2) is 13.8 Å². The first-order valence-electron chi connectivity index (χ1n) is 11.6. The number of halogens is 2. The van der Waals surface area contributed by atoms with E-state index < -0.39 is 0 Å². The van der Waals surface area contributed by atoms with Gasteiger partial charge in [0.15, 0.2) is 0 Å². The Morgan fingerprint density at radius 3 is 2.63 bits per heavy atom. The van der Waals surface area contributed by atoms with Gasteiger partial charge in [0.2, 0.25) is 0 Å². The standard InChI is InChI=1S/C27H24ClFN6/c28-34-9-7-33(8-10-34)24-6-2-4-20(12-24)21-13-25-26(16-31-27(25)30-14-21)22-15-32-35(18-22)17-19-3-1-5-23(29)11-19/h1-6,11-16,18H,7-10,17H2,(H,30,31). The van der Waals surface area contributed by atoms with E-state index in [4.69, 9.17) is 11.8 Å². The number of H-pyrrole nitrogens is 1. The van der Waals surface area contributed by atoms with Crippen LogP contribution >= 0.6 is 11.8 Å². The molecule has 0 saturated carbocycles. The topological polar surface area (TPSA) is 53.0 Å². The number of nitrogens with one attached hydrogen (secondary N) is 1. The van der Waals surface area contributed by atoms with Crippen LogP contribution in [0.25, 0.3) is 33.3 Å². The van der Waals surface area contributed by atoms with Gasteiger partial charge in [0.05, 0.1) is 12.7 Å². The summed E-state index contributed by atoms with van der Waals surface area (Å²) in [7, 11) is 0. The van der Waals surface area contributed by atoms with E-state index in [0.717, 1.165) is 65.0 Å².